The molecule has 1 aromatic carbocycles. The molecule has 84 valence electrons. The van der Waals surface area contributed by atoms with Crippen LogP contribution < -0.4 is 0 Å². The van der Waals surface area contributed by atoms with Crippen LogP contribution in [-0.4, -0.2) is 8.42 Å². The van der Waals surface area contributed by atoms with Crippen molar-refractivity contribution in [3.63, 3.8) is 0 Å². The molecule has 0 heterocycles. The largest absolute Gasteiger partial charge is 0.227 e. The van der Waals surface area contributed by atoms with Gasteiger partial charge in [-0.1, -0.05) is 38.8 Å². The molecule has 0 aliphatic rings. The molecule has 0 saturated carbocycles. The zero-order chi connectivity index (χ0) is 11.3. The minimum atomic E-state index is -2.44. The van der Waals surface area contributed by atoms with Crippen molar-refractivity contribution < 1.29 is 8.42 Å². The number of rotatable bonds is 5. The highest BCUT2D eigenvalue weighted by Crippen LogP contribution is 2.14. The topological polar surface area (TPSA) is 34.1 Å². The Bertz CT molecular complexity index is 358. The van der Waals surface area contributed by atoms with Crippen molar-refractivity contribution in [1.29, 1.82) is 0 Å². The van der Waals surface area contributed by atoms with E-state index in [-0.39, 0.29) is 0 Å². The van der Waals surface area contributed by atoms with Crippen LogP contribution in [0.15, 0.2) is 29.2 Å². The van der Waals surface area contributed by atoms with Crippen LogP contribution in [0.2, 0.25) is 0 Å². The van der Waals surface area contributed by atoms with Gasteiger partial charge in [-0.25, -0.2) is 8.42 Å². The fourth-order valence-corrected chi connectivity index (χ4v) is 2.14. The van der Waals surface area contributed by atoms with Crippen molar-refractivity contribution in [2.75, 3.05) is 0 Å². The van der Waals surface area contributed by atoms with Gasteiger partial charge in [-0.15, -0.1) is 0 Å². The number of benzene rings is 1. The molecule has 0 spiro atoms. The molecule has 0 amide bonds. The Morgan fingerprint density at radius 1 is 1.20 bits per heavy atom. The first-order chi connectivity index (χ1) is 7.13. The summed E-state index contributed by atoms with van der Waals surface area (Å²) in [6.45, 7) is 4.41. The van der Waals surface area contributed by atoms with E-state index in [1.54, 1.807) is 12.1 Å². The maximum absolute atomic E-state index is 10.7. The zero-order valence-corrected chi connectivity index (χ0v) is 10.2. The summed E-state index contributed by atoms with van der Waals surface area (Å²) in [5.74, 6) is 0.668. The van der Waals surface area contributed by atoms with Crippen molar-refractivity contribution in [2.24, 2.45) is 5.92 Å². The Balaban J connectivity index is 2.64. The second-order valence-corrected chi connectivity index (χ2v) is 5.05. The highest BCUT2D eigenvalue weighted by molar-refractivity contribution is 7.72. The van der Waals surface area contributed by atoms with E-state index in [0.717, 1.165) is 6.42 Å². The van der Waals surface area contributed by atoms with Gasteiger partial charge in [-0.2, -0.15) is 0 Å². The fraction of sp³-hybridized carbons (Fsp3) is 0.500. The van der Waals surface area contributed by atoms with E-state index < -0.39 is 10.7 Å². The van der Waals surface area contributed by atoms with Gasteiger partial charge >= 0.3 is 0 Å². The highest BCUT2D eigenvalue weighted by atomic mass is 32.2. The summed E-state index contributed by atoms with van der Waals surface area (Å²) < 4.78 is 21.3. The Morgan fingerprint density at radius 3 is 2.27 bits per heavy atom. The monoisotopic (exact) mass is 226 g/mol. The molecule has 0 aromatic heterocycles. The van der Waals surface area contributed by atoms with E-state index in [1.807, 2.05) is 12.1 Å². The van der Waals surface area contributed by atoms with Gasteiger partial charge in [-0.3, -0.25) is 0 Å². The molecule has 1 atom stereocenters. The van der Waals surface area contributed by atoms with Crippen molar-refractivity contribution in [3.8, 4) is 0 Å². The lowest BCUT2D eigenvalue weighted by Gasteiger charge is -2.09. The first-order valence-corrected chi connectivity index (χ1v) is 6.54. The van der Waals surface area contributed by atoms with E-state index in [2.05, 4.69) is 13.8 Å². The van der Waals surface area contributed by atoms with E-state index in [0.29, 0.717) is 10.8 Å². The van der Waals surface area contributed by atoms with Crippen LogP contribution in [0.4, 0.5) is 0 Å². The molecule has 1 aromatic rings. The molecule has 0 bridgehead atoms. The minimum Gasteiger partial charge on any atom is -0.227 e. The predicted octanol–water partition coefficient (Wildman–Crippen LogP) is 2.64. The van der Waals surface area contributed by atoms with Crippen LogP contribution >= 0.6 is 0 Å². The molecule has 3 heteroatoms. The maximum Gasteiger partial charge on any atom is 0.168 e. The molecule has 0 aliphatic carbocycles. The summed E-state index contributed by atoms with van der Waals surface area (Å²) in [5.41, 5.74) is 1.22. The Morgan fingerprint density at radius 2 is 1.80 bits per heavy atom. The van der Waals surface area contributed by atoms with Gasteiger partial charge in [0.2, 0.25) is 0 Å². The summed E-state index contributed by atoms with van der Waals surface area (Å²) in [6, 6.07) is 7.18. The van der Waals surface area contributed by atoms with E-state index in [4.69, 9.17) is 0 Å². The zero-order valence-electron chi connectivity index (χ0n) is 9.27. The second kappa shape index (κ2) is 5.91. The first-order valence-electron chi connectivity index (χ1n) is 5.36. The van der Waals surface area contributed by atoms with E-state index in [1.165, 1.54) is 18.4 Å². The molecule has 0 N–H and O–H groups in total. The molecule has 1 rings (SSSR count). The number of hydrogen-bond acceptors (Lipinski definition) is 2. The van der Waals surface area contributed by atoms with Gasteiger partial charge in [0.25, 0.3) is 0 Å². The van der Waals surface area contributed by atoms with Crippen LogP contribution in [0, 0.1) is 5.92 Å². The van der Waals surface area contributed by atoms with Gasteiger partial charge in [0.15, 0.2) is 10.7 Å². The highest BCUT2D eigenvalue weighted by Gasteiger charge is 2.02. The molecule has 2 nitrogen and oxygen atoms in total. The summed E-state index contributed by atoms with van der Waals surface area (Å²) in [4.78, 5) is 0.400. The van der Waals surface area contributed by atoms with Crippen molar-refractivity contribution in [2.45, 2.75) is 38.0 Å². The summed E-state index contributed by atoms with van der Waals surface area (Å²) >= 11 is 0. The minimum absolute atomic E-state index is 0.400. The number of hydrogen-bond donors (Lipinski definition) is 1. The average Bonchev–Trinajstić information content (AvgIpc) is 2.18. The molecule has 0 aliphatic heterocycles. The third-order valence-electron chi connectivity index (χ3n) is 2.51. The van der Waals surface area contributed by atoms with Crippen LogP contribution in [0.3, 0.4) is 0 Å². The summed E-state index contributed by atoms with van der Waals surface area (Å²) in [6.07, 6.45) is 3.45. The SMILES string of the molecule is CCCC(C)Cc1ccc([SH](=O)=O)cc1. The second-order valence-electron chi connectivity index (χ2n) is 4.02. The number of thiol groups is 1. The lowest BCUT2D eigenvalue weighted by Crippen LogP contribution is -1.99. The van der Waals surface area contributed by atoms with Crippen molar-refractivity contribution in [3.05, 3.63) is 29.8 Å². The third kappa shape index (κ3) is 4.04. The Hall–Kier alpha value is -0.830. The lowest BCUT2D eigenvalue weighted by molar-refractivity contribution is 0.522. The molecule has 15 heavy (non-hydrogen) atoms. The molecule has 1 unspecified atom stereocenters. The van der Waals surface area contributed by atoms with Gasteiger partial charge in [0.1, 0.15) is 0 Å². The molecular weight excluding hydrogens is 208 g/mol. The standard InChI is InChI=1S/C12H18O2S/c1-3-4-10(2)9-11-5-7-12(8-6-11)15(13)14/h5-8,10,15H,3-4,9H2,1-2H3. The van der Waals surface area contributed by atoms with Crippen molar-refractivity contribution in [1.82, 2.24) is 0 Å². The molecule has 0 saturated heterocycles. The fourth-order valence-electron chi connectivity index (χ4n) is 1.75. The van der Waals surface area contributed by atoms with Gasteiger partial charge in [0, 0.05) is 0 Å². The predicted molar refractivity (Wildman–Crippen MR) is 62.8 cm³/mol. The maximum atomic E-state index is 10.7. The normalized spacial score (nSPS) is 13.0. The van der Waals surface area contributed by atoms with Crippen LogP contribution in [0.1, 0.15) is 32.3 Å². The Kier molecular flexibility index (Phi) is 4.82. The van der Waals surface area contributed by atoms with Gasteiger partial charge in [-0.05, 0) is 30.0 Å². The molecule has 0 fully saturated rings. The third-order valence-corrected chi connectivity index (χ3v) is 3.23. The lowest BCUT2D eigenvalue weighted by atomic mass is 9.97. The average molecular weight is 226 g/mol. The van der Waals surface area contributed by atoms with E-state index in [9.17, 15) is 8.42 Å². The van der Waals surface area contributed by atoms with E-state index >= 15 is 0 Å². The van der Waals surface area contributed by atoms with Gasteiger partial charge in [0.05, 0.1) is 4.90 Å². The molecular formula is C12H18O2S. The van der Waals surface area contributed by atoms with Gasteiger partial charge < -0.3 is 0 Å². The quantitative estimate of drug-likeness (QED) is 0.783. The van der Waals surface area contributed by atoms with Crippen LogP contribution in [0.5, 0.6) is 0 Å². The van der Waals surface area contributed by atoms with Crippen LogP contribution in [0.25, 0.3) is 0 Å². The smallest absolute Gasteiger partial charge is 0.168 e. The first kappa shape index (κ1) is 12.2. The summed E-state index contributed by atoms with van der Waals surface area (Å²) in [7, 11) is -2.44. The van der Waals surface area contributed by atoms with Crippen LogP contribution in [-0.2, 0) is 17.1 Å². The Labute approximate surface area is 93.3 Å². The van der Waals surface area contributed by atoms with Crippen molar-refractivity contribution >= 4 is 10.7 Å². The summed E-state index contributed by atoms with van der Waals surface area (Å²) in [5, 5.41) is 0. The molecule has 0 radical (unpaired) electrons.